The van der Waals surface area contributed by atoms with E-state index < -0.39 is 0 Å². The summed E-state index contributed by atoms with van der Waals surface area (Å²) in [5.41, 5.74) is 1.41. The Hall–Kier alpha value is -0.410. The molecule has 0 spiro atoms. The Balaban J connectivity index is 1.97. The zero-order chi connectivity index (χ0) is 11.2. The van der Waals surface area contributed by atoms with Gasteiger partial charge < -0.3 is 5.32 Å². The van der Waals surface area contributed by atoms with Gasteiger partial charge in [-0.25, -0.2) is 4.98 Å². The summed E-state index contributed by atoms with van der Waals surface area (Å²) >= 11 is 1.85. The van der Waals surface area contributed by atoms with Crippen LogP contribution in [0.25, 0.3) is 0 Å². The Labute approximate surface area is 101 Å². The fourth-order valence-corrected chi connectivity index (χ4v) is 4.82. The molecule has 1 aromatic heterocycles. The van der Waals surface area contributed by atoms with Gasteiger partial charge in [0.2, 0.25) is 0 Å². The maximum atomic E-state index is 4.76. The number of fused-ring (bicyclic) bond motifs is 2. The summed E-state index contributed by atoms with van der Waals surface area (Å²) in [4.78, 5) is 4.76. The first kappa shape index (κ1) is 10.7. The highest BCUT2D eigenvalue weighted by Crippen LogP contribution is 2.55. The molecule has 16 heavy (non-hydrogen) atoms. The molecule has 3 atom stereocenters. The van der Waals surface area contributed by atoms with Gasteiger partial charge in [-0.05, 0) is 44.6 Å². The topological polar surface area (TPSA) is 24.9 Å². The van der Waals surface area contributed by atoms with Crippen molar-refractivity contribution in [3.8, 4) is 0 Å². The fourth-order valence-electron chi connectivity index (χ4n) is 3.76. The van der Waals surface area contributed by atoms with Crippen molar-refractivity contribution in [2.24, 2.45) is 11.8 Å². The van der Waals surface area contributed by atoms with Crippen molar-refractivity contribution in [2.75, 3.05) is 6.54 Å². The maximum absolute atomic E-state index is 4.76. The molecule has 2 bridgehead atoms. The molecule has 0 saturated heterocycles. The van der Waals surface area contributed by atoms with Gasteiger partial charge in [-0.1, -0.05) is 13.3 Å². The van der Waals surface area contributed by atoms with E-state index in [4.69, 9.17) is 4.98 Å². The van der Waals surface area contributed by atoms with E-state index in [1.807, 2.05) is 11.3 Å². The molecule has 0 aliphatic heterocycles. The number of hydrogen-bond acceptors (Lipinski definition) is 3. The first-order valence-electron chi connectivity index (χ1n) is 6.42. The summed E-state index contributed by atoms with van der Waals surface area (Å²) in [6.45, 7) is 5.38. The lowest BCUT2D eigenvalue weighted by molar-refractivity contribution is 0.213. The van der Waals surface area contributed by atoms with Crippen LogP contribution in [0.4, 0.5) is 0 Å². The van der Waals surface area contributed by atoms with Gasteiger partial charge in [-0.3, -0.25) is 0 Å². The highest BCUT2D eigenvalue weighted by molar-refractivity contribution is 7.09. The summed E-state index contributed by atoms with van der Waals surface area (Å²) in [6, 6.07) is 0. The smallest absolute Gasteiger partial charge is 0.113 e. The largest absolute Gasteiger partial charge is 0.305 e. The number of rotatable bonds is 3. The third-order valence-electron chi connectivity index (χ3n) is 4.34. The van der Waals surface area contributed by atoms with Crippen LogP contribution in [0.2, 0.25) is 0 Å². The van der Waals surface area contributed by atoms with Crippen LogP contribution < -0.4 is 5.32 Å². The van der Waals surface area contributed by atoms with Crippen LogP contribution in [0.1, 0.15) is 43.3 Å². The lowest BCUT2D eigenvalue weighted by Crippen LogP contribution is -2.46. The Morgan fingerprint density at radius 3 is 2.94 bits per heavy atom. The molecule has 2 aliphatic rings. The summed E-state index contributed by atoms with van der Waals surface area (Å²) in [7, 11) is 0. The molecule has 2 saturated carbocycles. The van der Waals surface area contributed by atoms with Crippen LogP contribution >= 0.6 is 11.3 Å². The van der Waals surface area contributed by atoms with Crippen LogP contribution in [-0.2, 0) is 5.54 Å². The summed E-state index contributed by atoms with van der Waals surface area (Å²) < 4.78 is 0. The average molecular weight is 236 g/mol. The minimum Gasteiger partial charge on any atom is -0.305 e. The Morgan fingerprint density at radius 2 is 2.44 bits per heavy atom. The third kappa shape index (κ3) is 1.45. The van der Waals surface area contributed by atoms with Crippen LogP contribution in [-0.4, -0.2) is 11.5 Å². The zero-order valence-electron chi connectivity index (χ0n) is 10.1. The maximum Gasteiger partial charge on any atom is 0.113 e. The van der Waals surface area contributed by atoms with E-state index in [2.05, 4.69) is 24.5 Å². The molecule has 1 N–H and O–H groups in total. The Bertz CT molecular complexity index is 387. The fraction of sp³-hybridized carbons (Fsp3) is 0.769. The second-order valence-electron chi connectivity index (χ2n) is 5.38. The van der Waals surface area contributed by atoms with Crippen molar-refractivity contribution in [3.63, 3.8) is 0 Å². The Kier molecular flexibility index (Phi) is 2.55. The van der Waals surface area contributed by atoms with Crippen molar-refractivity contribution >= 4 is 11.3 Å². The van der Waals surface area contributed by atoms with Crippen LogP contribution in [0.3, 0.4) is 0 Å². The molecular formula is C13H20N2S. The molecule has 1 aromatic rings. The van der Waals surface area contributed by atoms with Crippen molar-refractivity contribution in [1.29, 1.82) is 0 Å². The van der Waals surface area contributed by atoms with Crippen LogP contribution in [0.5, 0.6) is 0 Å². The molecule has 1 heterocycles. The molecule has 2 aliphatic carbocycles. The van der Waals surface area contributed by atoms with E-state index >= 15 is 0 Å². The quantitative estimate of drug-likeness (QED) is 0.872. The Morgan fingerprint density at radius 1 is 1.56 bits per heavy atom. The monoisotopic (exact) mass is 236 g/mol. The number of nitrogens with zero attached hydrogens (tertiary/aromatic N) is 1. The average Bonchev–Trinajstić information content (AvgIpc) is 2.92. The number of thiazole rings is 1. The second-order valence-corrected chi connectivity index (χ2v) is 6.23. The van der Waals surface area contributed by atoms with E-state index in [9.17, 15) is 0 Å². The minimum atomic E-state index is 0.233. The van der Waals surface area contributed by atoms with E-state index in [0.717, 1.165) is 18.4 Å². The van der Waals surface area contributed by atoms with Gasteiger partial charge in [0.25, 0.3) is 0 Å². The van der Waals surface area contributed by atoms with Crippen LogP contribution in [0.15, 0.2) is 5.38 Å². The van der Waals surface area contributed by atoms with Crippen molar-refractivity contribution in [1.82, 2.24) is 10.3 Å². The van der Waals surface area contributed by atoms with E-state index in [1.54, 1.807) is 0 Å². The van der Waals surface area contributed by atoms with E-state index in [0.29, 0.717) is 0 Å². The highest BCUT2D eigenvalue weighted by Gasteiger charge is 2.52. The van der Waals surface area contributed by atoms with Gasteiger partial charge in [0.05, 0.1) is 5.54 Å². The van der Waals surface area contributed by atoms with Gasteiger partial charge in [-0.2, -0.15) is 0 Å². The van der Waals surface area contributed by atoms with Gasteiger partial charge in [0.15, 0.2) is 0 Å². The van der Waals surface area contributed by atoms with Crippen molar-refractivity contribution in [3.05, 3.63) is 16.1 Å². The number of hydrogen-bond donors (Lipinski definition) is 1. The zero-order valence-corrected chi connectivity index (χ0v) is 10.9. The number of aromatic nitrogens is 1. The lowest BCUT2D eigenvalue weighted by atomic mass is 9.81. The summed E-state index contributed by atoms with van der Waals surface area (Å²) in [6.07, 6.45) is 5.59. The van der Waals surface area contributed by atoms with E-state index in [1.165, 1.54) is 36.4 Å². The van der Waals surface area contributed by atoms with Crippen molar-refractivity contribution in [2.45, 2.75) is 45.1 Å². The molecule has 2 fully saturated rings. The number of aryl methyl sites for hydroxylation is 1. The normalized spacial score (nSPS) is 37.1. The molecule has 3 rings (SSSR count). The molecular weight excluding hydrogens is 216 g/mol. The molecule has 0 aromatic carbocycles. The predicted molar refractivity (Wildman–Crippen MR) is 67.7 cm³/mol. The summed E-state index contributed by atoms with van der Waals surface area (Å²) in [5, 5.41) is 7.31. The molecule has 2 nitrogen and oxygen atoms in total. The molecule has 3 unspecified atom stereocenters. The van der Waals surface area contributed by atoms with Gasteiger partial charge in [0.1, 0.15) is 5.01 Å². The lowest BCUT2D eigenvalue weighted by Gasteiger charge is -2.36. The van der Waals surface area contributed by atoms with E-state index in [-0.39, 0.29) is 5.54 Å². The van der Waals surface area contributed by atoms with Gasteiger partial charge in [0, 0.05) is 11.1 Å². The second kappa shape index (κ2) is 3.81. The predicted octanol–water partition coefficient (Wildman–Crippen LogP) is 3.08. The van der Waals surface area contributed by atoms with Crippen LogP contribution in [0, 0.1) is 18.8 Å². The first-order valence-corrected chi connectivity index (χ1v) is 7.30. The van der Waals surface area contributed by atoms with Gasteiger partial charge in [-0.15, -0.1) is 11.3 Å². The molecule has 88 valence electrons. The standard InChI is InChI=1S/C13H20N2S/c1-3-14-13(12-15-9(2)8-16-12)7-10-4-5-11(13)6-10/h8,10-11,14H,3-7H2,1-2H3. The SMILES string of the molecule is CCNC1(c2nc(C)cs2)CC2CCC1C2. The minimum absolute atomic E-state index is 0.233. The summed E-state index contributed by atoms with van der Waals surface area (Å²) in [5.74, 6) is 1.79. The third-order valence-corrected chi connectivity index (χ3v) is 5.48. The highest BCUT2D eigenvalue weighted by atomic mass is 32.1. The van der Waals surface area contributed by atoms with Crippen molar-refractivity contribution < 1.29 is 0 Å². The molecule has 0 amide bonds. The molecule has 3 heteroatoms. The first-order chi connectivity index (χ1) is 7.74. The number of nitrogens with one attached hydrogen (secondary N) is 1. The molecule has 0 radical (unpaired) electrons. The van der Waals surface area contributed by atoms with Gasteiger partial charge >= 0.3 is 0 Å².